The molecule has 0 saturated heterocycles. The maximum absolute atomic E-state index is 12.1. The molecule has 25 heavy (non-hydrogen) atoms. The van der Waals surface area contributed by atoms with Crippen molar-refractivity contribution in [3.8, 4) is 0 Å². The molecular weight excluding hydrogens is 365 g/mol. The largest absolute Gasteiger partial charge is 0.325 e. The van der Waals surface area contributed by atoms with Gasteiger partial charge in [-0.2, -0.15) is 0 Å². The number of carbonyl (C=O) groups is 1. The van der Waals surface area contributed by atoms with Crippen LogP contribution in [0, 0.1) is 10.1 Å². The molecule has 0 aliphatic heterocycles. The standard InChI is InChI=1S/C17H17Cl2N3O3/c1-17(2,11-3-5-12(18)6-4-11)20-10-16(23)21-13-7-8-14(19)15(9-13)22(24)25/h3-9,20H,10H2,1-2H3,(H,21,23). The fourth-order valence-electron chi connectivity index (χ4n) is 2.21. The summed E-state index contributed by atoms with van der Waals surface area (Å²) in [5.41, 5.74) is 0.585. The molecule has 2 rings (SSSR count). The van der Waals surface area contributed by atoms with Crippen LogP contribution < -0.4 is 10.6 Å². The van der Waals surface area contributed by atoms with Crippen molar-refractivity contribution in [1.82, 2.24) is 5.32 Å². The van der Waals surface area contributed by atoms with E-state index in [-0.39, 0.29) is 23.2 Å². The van der Waals surface area contributed by atoms with E-state index in [0.717, 1.165) is 5.56 Å². The van der Waals surface area contributed by atoms with Crippen molar-refractivity contribution in [1.29, 1.82) is 0 Å². The molecule has 0 spiro atoms. The average molecular weight is 382 g/mol. The van der Waals surface area contributed by atoms with Gasteiger partial charge in [-0.3, -0.25) is 20.2 Å². The summed E-state index contributed by atoms with van der Waals surface area (Å²) in [5.74, 6) is -0.321. The first kappa shape index (κ1) is 19.2. The number of nitro groups is 1. The number of carbonyl (C=O) groups excluding carboxylic acids is 1. The van der Waals surface area contributed by atoms with Gasteiger partial charge in [0.25, 0.3) is 5.69 Å². The van der Waals surface area contributed by atoms with Gasteiger partial charge in [-0.1, -0.05) is 35.3 Å². The minimum absolute atomic E-state index is 0.0185. The molecule has 0 fully saturated rings. The SMILES string of the molecule is CC(C)(NCC(=O)Nc1ccc(Cl)c([N+](=O)[O-])c1)c1ccc(Cl)cc1. The lowest BCUT2D eigenvalue weighted by Crippen LogP contribution is -2.41. The van der Waals surface area contributed by atoms with Crippen molar-refractivity contribution in [3.05, 3.63) is 68.2 Å². The summed E-state index contributed by atoms with van der Waals surface area (Å²) < 4.78 is 0. The Morgan fingerprint density at radius 3 is 2.40 bits per heavy atom. The van der Waals surface area contributed by atoms with E-state index in [4.69, 9.17) is 23.2 Å². The molecule has 0 bridgehead atoms. The Morgan fingerprint density at radius 2 is 1.80 bits per heavy atom. The minimum atomic E-state index is -0.597. The monoisotopic (exact) mass is 381 g/mol. The zero-order valence-corrected chi connectivity index (χ0v) is 15.2. The number of hydrogen-bond acceptors (Lipinski definition) is 4. The smallest absolute Gasteiger partial charge is 0.289 e. The van der Waals surface area contributed by atoms with Crippen LogP contribution in [-0.4, -0.2) is 17.4 Å². The van der Waals surface area contributed by atoms with Crippen molar-refractivity contribution in [2.75, 3.05) is 11.9 Å². The number of benzene rings is 2. The lowest BCUT2D eigenvalue weighted by molar-refractivity contribution is -0.384. The second kappa shape index (κ2) is 7.82. The molecule has 0 saturated carbocycles. The van der Waals surface area contributed by atoms with E-state index in [2.05, 4.69) is 10.6 Å². The Hall–Kier alpha value is -2.15. The van der Waals surface area contributed by atoms with Crippen LogP contribution in [0.5, 0.6) is 0 Å². The number of anilines is 1. The molecule has 6 nitrogen and oxygen atoms in total. The van der Waals surface area contributed by atoms with Crippen molar-refractivity contribution >= 4 is 40.5 Å². The van der Waals surface area contributed by atoms with Gasteiger partial charge < -0.3 is 5.32 Å². The van der Waals surface area contributed by atoms with Gasteiger partial charge in [-0.25, -0.2) is 0 Å². The molecule has 2 aromatic carbocycles. The van der Waals surface area contributed by atoms with Crippen molar-refractivity contribution in [2.24, 2.45) is 0 Å². The topological polar surface area (TPSA) is 84.3 Å². The van der Waals surface area contributed by atoms with Gasteiger partial charge in [-0.05, 0) is 43.7 Å². The molecule has 1 amide bonds. The molecule has 0 unspecified atom stereocenters. The second-order valence-electron chi connectivity index (χ2n) is 5.96. The average Bonchev–Trinajstić information content (AvgIpc) is 2.55. The molecule has 0 aromatic heterocycles. The number of nitrogens with one attached hydrogen (secondary N) is 2. The number of halogens is 2. The van der Waals surface area contributed by atoms with E-state index >= 15 is 0 Å². The van der Waals surface area contributed by atoms with E-state index in [9.17, 15) is 14.9 Å². The molecule has 0 aliphatic rings. The van der Waals surface area contributed by atoms with Gasteiger partial charge >= 0.3 is 0 Å². The Labute approximate surface area is 155 Å². The highest BCUT2D eigenvalue weighted by Crippen LogP contribution is 2.27. The van der Waals surface area contributed by atoms with Crippen LogP contribution >= 0.6 is 23.2 Å². The van der Waals surface area contributed by atoms with Crippen LogP contribution in [0.3, 0.4) is 0 Å². The fraction of sp³-hybridized carbons (Fsp3) is 0.235. The zero-order valence-electron chi connectivity index (χ0n) is 13.7. The van der Waals surface area contributed by atoms with Crippen LogP contribution in [0.4, 0.5) is 11.4 Å². The van der Waals surface area contributed by atoms with Crippen LogP contribution in [-0.2, 0) is 10.3 Å². The van der Waals surface area contributed by atoms with E-state index in [0.29, 0.717) is 10.7 Å². The molecular formula is C17H17Cl2N3O3. The molecule has 132 valence electrons. The molecule has 0 heterocycles. The van der Waals surface area contributed by atoms with Gasteiger partial charge in [0.2, 0.25) is 5.91 Å². The first-order chi connectivity index (χ1) is 11.7. The predicted octanol–water partition coefficient (Wildman–Crippen LogP) is 4.37. The molecule has 8 heteroatoms. The molecule has 0 aliphatic carbocycles. The van der Waals surface area contributed by atoms with E-state index in [1.54, 1.807) is 12.1 Å². The van der Waals surface area contributed by atoms with Crippen LogP contribution in [0.1, 0.15) is 19.4 Å². The van der Waals surface area contributed by atoms with Crippen molar-refractivity contribution in [3.63, 3.8) is 0 Å². The third-order valence-corrected chi connectivity index (χ3v) is 4.25. The second-order valence-corrected chi connectivity index (χ2v) is 6.80. The number of amides is 1. The first-order valence-electron chi connectivity index (χ1n) is 7.44. The summed E-state index contributed by atoms with van der Waals surface area (Å²) >= 11 is 11.6. The number of nitrogens with zero attached hydrogens (tertiary/aromatic N) is 1. The summed E-state index contributed by atoms with van der Waals surface area (Å²) in [6, 6.07) is 11.5. The summed E-state index contributed by atoms with van der Waals surface area (Å²) in [6.45, 7) is 3.92. The van der Waals surface area contributed by atoms with Gasteiger partial charge in [0, 0.05) is 22.3 Å². The third-order valence-electron chi connectivity index (χ3n) is 3.68. The highest BCUT2D eigenvalue weighted by Gasteiger charge is 2.21. The quantitative estimate of drug-likeness (QED) is 0.574. The summed E-state index contributed by atoms with van der Waals surface area (Å²) in [6.07, 6.45) is 0. The summed E-state index contributed by atoms with van der Waals surface area (Å²) in [4.78, 5) is 22.4. The third kappa shape index (κ3) is 5.16. The van der Waals surface area contributed by atoms with Crippen LogP contribution in [0.25, 0.3) is 0 Å². The number of nitro benzene ring substituents is 1. The van der Waals surface area contributed by atoms with Gasteiger partial charge in [0.1, 0.15) is 5.02 Å². The van der Waals surface area contributed by atoms with E-state index < -0.39 is 10.5 Å². The summed E-state index contributed by atoms with van der Waals surface area (Å²) in [5, 5.41) is 17.3. The maximum atomic E-state index is 12.1. The highest BCUT2D eigenvalue weighted by atomic mass is 35.5. The molecule has 0 atom stereocenters. The Bertz CT molecular complexity index is 792. The van der Waals surface area contributed by atoms with E-state index in [1.165, 1.54) is 18.2 Å². The van der Waals surface area contributed by atoms with E-state index in [1.807, 2.05) is 26.0 Å². The Morgan fingerprint density at radius 1 is 1.16 bits per heavy atom. The Balaban J connectivity index is 1.99. The molecule has 0 radical (unpaired) electrons. The predicted molar refractivity (Wildman–Crippen MR) is 99.2 cm³/mol. The number of rotatable bonds is 6. The number of hydrogen-bond donors (Lipinski definition) is 2. The lowest BCUT2D eigenvalue weighted by Gasteiger charge is -2.26. The minimum Gasteiger partial charge on any atom is -0.325 e. The van der Waals surface area contributed by atoms with Crippen LogP contribution in [0.2, 0.25) is 10.0 Å². The Kier molecular flexibility index (Phi) is 6.00. The molecule has 2 N–H and O–H groups in total. The van der Waals surface area contributed by atoms with Crippen molar-refractivity contribution < 1.29 is 9.72 Å². The van der Waals surface area contributed by atoms with Crippen molar-refractivity contribution in [2.45, 2.75) is 19.4 Å². The summed E-state index contributed by atoms with van der Waals surface area (Å²) in [7, 11) is 0. The van der Waals surface area contributed by atoms with Gasteiger partial charge in [-0.15, -0.1) is 0 Å². The van der Waals surface area contributed by atoms with Crippen LogP contribution in [0.15, 0.2) is 42.5 Å². The first-order valence-corrected chi connectivity index (χ1v) is 8.19. The maximum Gasteiger partial charge on any atom is 0.289 e. The highest BCUT2D eigenvalue weighted by molar-refractivity contribution is 6.32. The normalized spacial score (nSPS) is 11.2. The fourth-order valence-corrected chi connectivity index (χ4v) is 2.52. The van der Waals surface area contributed by atoms with Gasteiger partial charge in [0.15, 0.2) is 0 Å². The zero-order chi connectivity index (χ0) is 18.6. The lowest BCUT2D eigenvalue weighted by atomic mass is 9.94. The van der Waals surface area contributed by atoms with Gasteiger partial charge in [0.05, 0.1) is 11.5 Å². The molecule has 2 aromatic rings.